The second-order valence-corrected chi connectivity index (χ2v) is 5.92. The summed E-state index contributed by atoms with van der Waals surface area (Å²) in [5.41, 5.74) is -1.71. The molecule has 0 saturated heterocycles. The minimum absolute atomic E-state index is 0.0593. The summed E-state index contributed by atoms with van der Waals surface area (Å²) in [6.07, 6.45) is 1.46. The summed E-state index contributed by atoms with van der Waals surface area (Å²) in [5, 5.41) is 0. The van der Waals surface area contributed by atoms with Crippen LogP contribution in [0.15, 0.2) is 54.3 Å². The highest BCUT2D eigenvalue weighted by Gasteiger charge is 2.31. The average molecular weight is 407 g/mol. The lowest BCUT2D eigenvalue weighted by Gasteiger charge is -2.25. The van der Waals surface area contributed by atoms with Gasteiger partial charge in [0.15, 0.2) is 29.1 Å². The van der Waals surface area contributed by atoms with E-state index in [2.05, 4.69) is 0 Å². The van der Waals surface area contributed by atoms with E-state index in [4.69, 9.17) is 0 Å². The van der Waals surface area contributed by atoms with Crippen LogP contribution in [0.25, 0.3) is 0 Å². The van der Waals surface area contributed by atoms with Gasteiger partial charge in [-0.25, -0.2) is 22.0 Å². The Kier molecular flexibility index (Phi) is 5.40. The van der Waals surface area contributed by atoms with Crippen LogP contribution < -0.4 is 4.90 Å². The maximum absolute atomic E-state index is 14.0. The van der Waals surface area contributed by atoms with E-state index < -0.39 is 64.2 Å². The first kappa shape index (κ1) is 20.1. The van der Waals surface area contributed by atoms with Gasteiger partial charge < -0.3 is 0 Å². The molecular weight excluding hydrogens is 397 g/mol. The van der Waals surface area contributed by atoms with Crippen molar-refractivity contribution in [3.63, 3.8) is 0 Å². The number of para-hydroxylation sites is 1. The van der Waals surface area contributed by atoms with Crippen LogP contribution in [0.2, 0.25) is 0 Å². The molecule has 0 heterocycles. The highest BCUT2D eigenvalue weighted by atomic mass is 19.2. The van der Waals surface area contributed by atoms with Crippen LogP contribution in [-0.4, -0.2) is 17.5 Å². The number of halogens is 5. The smallest absolute Gasteiger partial charge is 0.236 e. The van der Waals surface area contributed by atoms with E-state index in [-0.39, 0.29) is 5.69 Å². The number of hydrogen-bond acceptors (Lipinski definition) is 3. The summed E-state index contributed by atoms with van der Waals surface area (Å²) in [5.74, 6) is -13.6. The number of ketones is 2. The summed E-state index contributed by atoms with van der Waals surface area (Å²) < 4.78 is 68.0. The zero-order valence-electron chi connectivity index (χ0n) is 14.4. The monoisotopic (exact) mass is 407 g/mol. The molecule has 1 amide bonds. The number of amides is 1. The minimum atomic E-state index is -2.35. The van der Waals surface area contributed by atoms with Gasteiger partial charge >= 0.3 is 0 Å². The normalized spacial score (nSPS) is 13.5. The standard InChI is InChI=1S/C20H10F5NO3/c21-16-12(17(22)19(24)20(25)18(16)23)9-15(29)26(10-4-2-1-3-5-10)13-8-11(27)6-7-14(13)28/h1-8H,9H2. The van der Waals surface area contributed by atoms with Gasteiger partial charge in [-0.05, 0) is 24.3 Å². The Bertz CT molecular complexity index is 1060. The van der Waals surface area contributed by atoms with Crippen molar-refractivity contribution in [1.82, 2.24) is 0 Å². The van der Waals surface area contributed by atoms with Gasteiger partial charge in [-0.1, -0.05) is 18.2 Å². The van der Waals surface area contributed by atoms with Gasteiger partial charge in [0.05, 0.1) is 6.42 Å². The number of carbonyl (C=O) groups excluding carboxylic acids is 3. The number of rotatable bonds is 4. The van der Waals surface area contributed by atoms with Gasteiger partial charge in [-0.15, -0.1) is 0 Å². The Labute approximate surface area is 160 Å². The van der Waals surface area contributed by atoms with Gasteiger partial charge in [0, 0.05) is 17.3 Å². The van der Waals surface area contributed by atoms with Gasteiger partial charge in [0.1, 0.15) is 5.70 Å². The Balaban J connectivity index is 2.08. The highest BCUT2D eigenvalue weighted by molar-refractivity contribution is 6.22. The molecule has 1 aliphatic carbocycles. The molecule has 0 spiro atoms. The molecule has 0 unspecified atom stereocenters. The van der Waals surface area contributed by atoms with Crippen molar-refractivity contribution in [3.8, 4) is 0 Å². The highest BCUT2D eigenvalue weighted by Crippen LogP contribution is 2.27. The lowest BCUT2D eigenvalue weighted by molar-refractivity contribution is -0.119. The second kappa shape index (κ2) is 7.78. The number of allylic oxidation sites excluding steroid dienone is 3. The predicted molar refractivity (Wildman–Crippen MR) is 91.1 cm³/mol. The molecule has 0 saturated carbocycles. The van der Waals surface area contributed by atoms with Crippen molar-refractivity contribution in [2.24, 2.45) is 0 Å². The van der Waals surface area contributed by atoms with E-state index >= 15 is 0 Å². The molecule has 0 N–H and O–H groups in total. The van der Waals surface area contributed by atoms with Gasteiger partial charge in [-0.3, -0.25) is 19.3 Å². The lowest BCUT2D eigenvalue weighted by atomic mass is 10.0. The molecule has 3 rings (SSSR count). The first-order valence-corrected chi connectivity index (χ1v) is 8.08. The first-order valence-electron chi connectivity index (χ1n) is 8.08. The fourth-order valence-electron chi connectivity index (χ4n) is 2.70. The Morgan fingerprint density at radius 2 is 1.34 bits per heavy atom. The van der Waals surface area contributed by atoms with Crippen molar-refractivity contribution in [3.05, 3.63) is 88.9 Å². The third kappa shape index (κ3) is 3.71. The average Bonchev–Trinajstić information content (AvgIpc) is 2.72. The van der Waals surface area contributed by atoms with Crippen molar-refractivity contribution in [2.75, 3.05) is 4.90 Å². The van der Waals surface area contributed by atoms with Gasteiger partial charge in [-0.2, -0.15) is 0 Å². The lowest BCUT2D eigenvalue weighted by Crippen LogP contribution is -2.36. The van der Waals surface area contributed by atoms with Crippen molar-refractivity contribution >= 4 is 23.2 Å². The molecule has 0 aliphatic heterocycles. The number of anilines is 1. The van der Waals surface area contributed by atoms with E-state index in [1.54, 1.807) is 6.07 Å². The number of hydrogen-bond donors (Lipinski definition) is 0. The molecule has 0 fully saturated rings. The molecule has 1 aliphatic rings. The quantitative estimate of drug-likeness (QED) is 0.337. The summed E-state index contributed by atoms with van der Waals surface area (Å²) in [4.78, 5) is 37.3. The fraction of sp³-hybridized carbons (Fsp3) is 0.0500. The number of benzene rings is 2. The van der Waals surface area contributed by atoms with E-state index in [1.807, 2.05) is 0 Å². The maximum Gasteiger partial charge on any atom is 0.236 e. The van der Waals surface area contributed by atoms with E-state index in [1.165, 1.54) is 24.3 Å². The van der Waals surface area contributed by atoms with Crippen molar-refractivity contribution < 1.29 is 36.3 Å². The third-order valence-electron chi connectivity index (χ3n) is 4.06. The molecule has 4 nitrogen and oxygen atoms in total. The van der Waals surface area contributed by atoms with Crippen LogP contribution >= 0.6 is 0 Å². The zero-order chi connectivity index (χ0) is 21.3. The largest absolute Gasteiger partial charge is 0.290 e. The molecule has 148 valence electrons. The van der Waals surface area contributed by atoms with Crippen LogP contribution in [0, 0.1) is 29.1 Å². The van der Waals surface area contributed by atoms with Crippen molar-refractivity contribution in [2.45, 2.75) is 6.42 Å². The molecule has 29 heavy (non-hydrogen) atoms. The maximum atomic E-state index is 14.0. The molecular formula is C20H10F5NO3. The second-order valence-electron chi connectivity index (χ2n) is 5.92. The van der Waals surface area contributed by atoms with Crippen LogP contribution in [0.3, 0.4) is 0 Å². The van der Waals surface area contributed by atoms with Crippen LogP contribution in [0.4, 0.5) is 27.6 Å². The summed E-state index contributed by atoms with van der Waals surface area (Å²) in [6, 6.07) is 7.29. The summed E-state index contributed by atoms with van der Waals surface area (Å²) >= 11 is 0. The van der Waals surface area contributed by atoms with Crippen LogP contribution in [0.5, 0.6) is 0 Å². The zero-order valence-corrected chi connectivity index (χ0v) is 14.4. The molecule has 2 aromatic rings. The number of carbonyl (C=O) groups is 3. The van der Waals surface area contributed by atoms with Gasteiger partial charge in [0.2, 0.25) is 17.5 Å². The Morgan fingerprint density at radius 1 is 0.793 bits per heavy atom. The van der Waals surface area contributed by atoms with E-state index in [0.717, 1.165) is 18.2 Å². The summed E-state index contributed by atoms with van der Waals surface area (Å²) in [6.45, 7) is 0. The SMILES string of the molecule is O=C1C=CC(=O)C(N(C(=O)Cc2c(F)c(F)c(F)c(F)c2F)c2ccccc2)=C1. The fourth-order valence-corrected chi connectivity index (χ4v) is 2.70. The molecule has 2 aromatic carbocycles. The molecule has 0 aromatic heterocycles. The topological polar surface area (TPSA) is 54.5 Å². The summed E-state index contributed by atoms with van der Waals surface area (Å²) in [7, 11) is 0. The number of nitrogens with zero attached hydrogens (tertiary/aromatic N) is 1. The Hall–Kier alpha value is -3.62. The molecule has 0 atom stereocenters. The van der Waals surface area contributed by atoms with Crippen LogP contribution in [0.1, 0.15) is 5.56 Å². The Morgan fingerprint density at radius 3 is 1.93 bits per heavy atom. The third-order valence-corrected chi connectivity index (χ3v) is 4.06. The predicted octanol–water partition coefficient (Wildman–Crippen LogP) is 3.55. The van der Waals surface area contributed by atoms with Gasteiger partial charge in [0.25, 0.3) is 0 Å². The van der Waals surface area contributed by atoms with Crippen LogP contribution in [-0.2, 0) is 20.8 Å². The van der Waals surface area contributed by atoms with E-state index in [0.29, 0.717) is 4.90 Å². The molecule has 0 radical (unpaired) electrons. The molecule has 0 bridgehead atoms. The van der Waals surface area contributed by atoms with E-state index in [9.17, 15) is 36.3 Å². The van der Waals surface area contributed by atoms with Crippen molar-refractivity contribution in [1.29, 1.82) is 0 Å². The minimum Gasteiger partial charge on any atom is -0.290 e. The molecule has 9 heteroatoms. The first-order chi connectivity index (χ1) is 13.7.